The van der Waals surface area contributed by atoms with Gasteiger partial charge in [0.25, 0.3) is 0 Å². The van der Waals surface area contributed by atoms with E-state index in [2.05, 4.69) is 24.5 Å². The molecule has 18 nitrogen and oxygen atoms in total. The van der Waals surface area contributed by atoms with E-state index in [0.29, 0.717) is 19.3 Å². The number of primary amides is 1. The third-order valence-electron chi connectivity index (χ3n) is 15.9. The summed E-state index contributed by atoms with van der Waals surface area (Å²) >= 11 is 0. The van der Waals surface area contributed by atoms with Gasteiger partial charge in [-0.25, -0.2) is 33.3 Å². The smallest absolute Gasteiger partial charge is 0.411 e. The number of nitrogens with two attached hydrogens (primary N) is 1. The second kappa shape index (κ2) is 48.4. The Bertz CT molecular complexity index is 1870. The van der Waals surface area contributed by atoms with Crippen LogP contribution in [0.4, 0.5) is 19.2 Å². The molecule has 6 amide bonds. The molecule has 5 N–H and O–H groups in total. The molecule has 0 spiro atoms. The van der Waals surface area contributed by atoms with E-state index in [1.165, 1.54) is 138 Å². The third-order valence-corrected chi connectivity index (χ3v) is 15.9. The average molecular weight is 1270 g/mol. The first-order chi connectivity index (χ1) is 41.9. The van der Waals surface area contributed by atoms with Crippen molar-refractivity contribution >= 4 is 42.2 Å². The molecule has 0 bridgehead atoms. The Balaban J connectivity index is 7.36. The van der Waals surface area contributed by atoms with Crippen molar-refractivity contribution in [3.63, 3.8) is 0 Å². The summed E-state index contributed by atoms with van der Waals surface area (Å²) in [7, 11) is 0. The number of nitrogens with one attached hydrogen (secondary N) is 2. The normalized spacial score (nSPS) is 12.9. The maximum Gasteiger partial charge on any atom is 0.411 e. The second-order valence-electron chi connectivity index (χ2n) is 29.3. The first kappa shape index (κ1) is 84.7. The van der Waals surface area contributed by atoms with Crippen LogP contribution in [0.3, 0.4) is 0 Å². The van der Waals surface area contributed by atoms with Crippen LogP contribution in [-0.2, 0) is 33.3 Å². The summed E-state index contributed by atoms with van der Waals surface area (Å²) in [5.74, 6) is -2.73. The van der Waals surface area contributed by atoms with Crippen molar-refractivity contribution in [2.75, 3.05) is 45.8 Å². The van der Waals surface area contributed by atoms with Crippen LogP contribution in [0.5, 0.6) is 0 Å². The number of carbonyl (C=O) groups is 7. The van der Waals surface area contributed by atoms with Crippen molar-refractivity contribution in [3.8, 4) is 0 Å². The number of carboxylic acids is 1. The van der Waals surface area contributed by atoms with Gasteiger partial charge in [0, 0.05) is 32.7 Å². The van der Waals surface area contributed by atoms with Crippen molar-refractivity contribution < 1.29 is 62.1 Å². The topological polar surface area (TPSA) is 233 Å². The van der Waals surface area contributed by atoms with Gasteiger partial charge in [0.1, 0.15) is 28.4 Å². The molecule has 0 saturated carbocycles. The number of carbonyl (C=O) groups excluding carboxylic acids is 6. The fourth-order valence-electron chi connectivity index (χ4n) is 11.4. The zero-order chi connectivity index (χ0) is 67.2. The Kier molecular flexibility index (Phi) is 46.0. The third kappa shape index (κ3) is 46.4. The predicted octanol–water partition coefficient (Wildman–Crippen LogP) is 17.6. The molecule has 0 unspecified atom stereocenters. The Labute approximate surface area is 543 Å². The van der Waals surface area contributed by atoms with Gasteiger partial charge in [0.05, 0.1) is 19.5 Å². The molecule has 522 valence electrons. The van der Waals surface area contributed by atoms with Crippen LogP contribution in [0.25, 0.3) is 0 Å². The molecule has 0 aliphatic rings. The van der Waals surface area contributed by atoms with Gasteiger partial charge in [-0.2, -0.15) is 0 Å². The molecular weight excluding hydrogens is 1130 g/mol. The molecule has 0 aromatic heterocycles. The highest BCUT2D eigenvalue weighted by Gasteiger charge is 2.53. The Morgan fingerprint density at radius 3 is 1.03 bits per heavy atom. The van der Waals surface area contributed by atoms with E-state index in [1.54, 1.807) is 83.1 Å². The van der Waals surface area contributed by atoms with Crippen molar-refractivity contribution in [1.82, 2.24) is 20.4 Å². The summed E-state index contributed by atoms with van der Waals surface area (Å²) in [6.45, 7) is 26.1. The van der Waals surface area contributed by atoms with Gasteiger partial charge < -0.3 is 45.3 Å². The van der Waals surface area contributed by atoms with Crippen molar-refractivity contribution in [2.24, 2.45) is 5.73 Å². The molecule has 89 heavy (non-hydrogen) atoms. The summed E-state index contributed by atoms with van der Waals surface area (Å²) in [4.78, 5) is 101. The molecule has 0 aliphatic carbocycles. The molecule has 0 rings (SSSR count). The molecule has 0 radical (unpaired) electrons. The van der Waals surface area contributed by atoms with Crippen LogP contribution in [0.15, 0.2) is 0 Å². The number of hydrogen-bond acceptors (Lipinski definition) is 11. The van der Waals surface area contributed by atoms with Gasteiger partial charge in [-0.05, 0) is 134 Å². The lowest BCUT2D eigenvalue weighted by Gasteiger charge is -2.44. The van der Waals surface area contributed by atoms with Gasteiger partial charge in [0.15, 0.2) is 0 Å². The van der Waals surface area contributed by atoms with Crippen LogP contribution in [0.2, 0.25) is 0 Å². The summed E-state index contributed by atoms with van der Waals surface area (Å²) in [6.07, 6.45) is 33.9. The van der Waals surface area contributed by atoms with Crippen LogP contribution < -0.4 is 16.4 Å². The molecule has 18 heteroatoms. The van der Waals surface area contributed by atoms with Gasteiger partial charge in [0.2, 0.25) is 11.9 Å². The lowest BCUT2D eigenvalue weighted by atomic mass is 9.97. The molecule has 0 heterocycles. The van der Waals surface area contributed by atoms with Crippen LogP contribution in [-0.4, -0.2) is 142 Å². The first-order valence-electron chi connectivity index (χ1n) is 35.7. The van der Waals surface area contributed by atoms with Gasteiger partial charge >= 0.3 is 36.2 Å². The molecule has 0 fully saturated rings. The number of ether oxygens (including phenoxy) is 4. The Hall–Kier alpha value is -4.35. The molecule has 0 saturated heterocycles. The summed E-state index contributed by atoms with van der Waals surface area (Å²) < 4.78 is 22.3. The monoisotopic (exact) mass is 1270 g/mol. The number of rotatable bonds is 52. The van der Waals surface area contributed by atoms with E-state index in [-0.39, 0.29) is 65.1 Å². The number of nitrogens with zero attached hydrogens (tertiary/aromatic N) is 3. The molecular formula is C71H137N6O12+. The van der Waals surface area contributed by atoms with Crippen LogP contribution in [0.1, 0.15) is 335 Å². The minimum atomic E-state index is -1.56. The number of quaternary nitrogens is 1. The van der Waals surface area contributed by atoms with Crippen molar-refractivity contribution in [3.05, 3.63) is 0 Å². The van der Waals surface area contributed by atoms with Crippen molar-refractivity contribution in [2.45, 2.75) is 369 Å². The minimum Gasteiger partial charge on any atom is -0.477 e. The lowest BCUT2D eigenvalue weighted by Crippen LogP contribution is -2.68. The van der Waals surface area contributed by atoms with E-state index in [1.807, 2.05) is 0 Å². The van der Waals surface area contributed by atoms with Gasteiger partial charge in [-0.1, -0.05) is 194 Å². The number of hydrogen-bond donors (Lipinski definition) is 4. The maximum atomic E-state index is 16.5. The molecule has 0 aromatic carbocycles. The Morgan fingerprint density at radius 1 is 0.416 bits per heavy atom. The van der Waals surface area contributed by atoms with E-state index >= 15 is 4.79 Å². The lowest BCUT2D eigenvalue weighted by molar-refractivity contribution is -0.872. The van der Waals surface area contributed by atoms with E-state index in [0.717, 1.165) is 64.2 Å². The van der Waals surface area contributed by atoms with E-state index in [9.17, 15) is 33.9 Å². The first-order valence-corrected chi connectivity index (χ1v) is 35.7. The number of aliphatic carboxylic acids is 1. The highest BCUT2D eigenvalue weighted by molar-refractivity contribution is 5.87. The van der Waals surface area contributed by atoms with Gasteiger partial charge in [-0.3, -0.25) is 9.69 Å². The van der Waals surface area contributed by atoms with Gasteiger partial charge in [-0.15, -0.1) is 0 Å². The number of unbranched alkanes of at least 4 members (excludes halogenated alkanes) is 30. The maximum absolute atomic E-state index is 16.5. The van der Waals surface area contributed by atoms with E-state index in [4.69, 9.17) is 24.7 Å². The molecule has 2 atom stereocenters. The molecule has 0 aromatic rings. The van der Waals surface area contributed by atoms with E-state index < -0.39 is 87.5 Å². The number of amides is 6. The Morgan fingerprint density at radius 2 is 0.719 bits per heavy atom. The fourth-order valence-corrected chi connectivity index (χ4v) is 11.4. The summed E-state index contributed by atoms with van der Waals surface area (Å²) in [6, 6.07) is -2.88. The number of carboxylic acid groups (broad SMARTS) is 1. The zero-order valence-corrected chi connectivity index (χ0v) is 59.6. The highest BCUT2D eigenvalue weighted by Crippen LogP contribution is 2.30. The molecule has 0 aliphatic heterocycles. The van der Waals surface area contributed by atoms with Crippen molar-refractivity contribution in [1.29, 1.82) is 0 Å². The SMILES string of the molecule is CCCCCCCCCCCCCCCCCC[N+](CCCCCCCCCCCCCCCCCC)(C(=O)[C@H](CCCN(CCCNC(=O)OC(C)(C)C)C(=O)OC(C)(C)C)N(CCCNC(=O)OC(C)(C)C)C(=O)OC(C)(C)C)[C@@H](CC(N)=O)C(=O)O. The quantitative estimate of drug-likeness (QED) is 0.0253. The van der Waals surface area contributed by atoms with Crippen LogP contribution in [0, 0.1) is 0 Å². The number of alkyl carbamates (subject to hydrolysis) is 2. The largest absolute Gasteiger partial charge is 0.477 e. The highest BCUT2D eigenvalue weighted by atomic mass is 16.6. The fraction of sp³-hybridized carbons (Fsp3) is 0.901. The summed E-state index contributed by atoms with van der Waals surface area (Å²) in [5, 5.41) is 16.8. The second-order valence-corrected chi connectivity index (χ2v) is 29.3. The average Bonchev–Trinajstić information content (AvgIpc) is 1.57. The summed E-state index contributed by atoms with van der Waals surface area (Å²) in [5.41, 5.74) is 2.61. The standard InChI is InChI=1S/C71H136N6O12/c1-15-17-19-21-23-25-27-29-31-33-35-37-39-41-43-45-56-77(60(63(80)81)58-61(72)78,57-46-44-42-40-38-36-34-32-30-28-26-24-22-20-18-16-2)62(79)59(76(67(85)89-71(12,13)14)55-49-52-74-65(83)87-69(6,7)8)50-47-53-75(66(84)88-70(9,10)11)54-48-51-73-64(82)86-68(3,4)5/h59-60H,15-58H2,1-14H3,(H4-,72,73,74,78,80,81,82,83)/p+1/t59-,60-/m0/s1. The predicted molar refractivity (Wildman–Crippen MR) is 361 cm³/mol. The van der Waals surface area contributed by atoms with Crippen LogP contribution >= 0.6 is 0 Å². The zero-order valence-electron chi connectivity index (χ0n) is 59.6. The minimum absolute atomic E-state index is 0.0339.